The van der Waals surface area contributed by atoms with Crippen molar-refractivity contribution in [1.82, 2.24) is 9.97 Å². The molecular weight excluding hydrogens is 252 g/mol. The van der Waals surface area contributed by atoms with E-state index in [1.807, 2.05) is 27.8 Å². The minimum Gasteiger partial charge on any atom is -0.378 e. The lowest BCUT2D eigenvalue weighted by molar-refractivity contribution is -0.0976. The first-order chi connectivity index (χ1) is 9.40. The fourth-order valence-corrected chi connectivity index (χ4v) is 2.79. The first-order valence-electron chi connectivity index (χ1n) is 7.31. The highest BCUT2D eigenvalue weighted by Gasteiger charge is 2.49. The van der Waals surface area contributed by atoms with Crippen LogP contribution in [0.4, 0.5) is 11.6 Å². The second kappa shape index (κ2) is 5.56. The molecule has 0 aromatic carbocycles. The van der Waals surface area contributed by atoms with Crippen LogP contribution in [0.25, 0.3) is 0 Å². The first-order valence-corrected chi connectivity index (χ1v) is 7.31. The molecule has 20 heavy (non-hydrogen) atoms. The molecule has 0 amide bonds. The Morgan fingerprint density at radius 1 is 1.25 bits per heavy atom. The summed E-state index contributed by atoms with van der Waals surface area (Å²) in [7, 11) is 1.89. The molecule has 0 saturated heterocycles. The second-order valence-corrected chi connectivity index (χ2v) is 6.04. The maximum atomic E-state index is 5.77. The number of nitrogens with one attached hydrogen (secondary N) is 2. The van der Waals surface area contributed by atoms with Crippen LogP contribution in [0.2, 0.25) is 0 Å². The maximum Gasteiger partial charge on any atom is 0.135 e. The molecular formula is C15H26N4O. The van der Waals surface area contributed by atoms with Gasteiger partial charge < -0.3 is 15.4 Å². The molecule has 5 heteroatoms. The lowest BCUT2D eigenvalue weighted by Crippen LogP contribution is -2.58. The zero-order chi connectivity index (χ0) is 14.9. The topological polar surface area (TPSA) is 59.1 Å². The van der Waals surface area contributed by atoms with Crippen molar-refractivity contribution in [2.45, 2.75) is 53.2 Å². The van der Waals surface area contributed by atoms with Gasteiger partial charge in [0, 0.05) is 30.7 Å². The van der Waals surface area contributed by atoms with Gasteiger partial charge in [-0.1, -0.05) is 13.8 Å². The number of aromatic nitrogens is 2. The molecule has 2 N–H and O–H groups in total. The average molecular weight is 278 g/mol. The van der Waals surface area contributed by atoms with E-state index in [-0.39, 0.29) is 5.41 Å². The number of ether oxygens (including phenoxy) is 1. The third-order valence-corrected chi connectivity index (χ3v) is 4.35. The van der Waals surface area contributed by atoms with Crippen molar-refractivity contribution in [2.24, 2.45) is 5.41 Å². The van der Waals surface area contributed by atoms with Gasteiger partial charge in [0.15, 0.2) is 0 Å². The molecule has 5 nitrogen and oxygen atoms in total. The molecule has 1 aromatic rings. The summed E-state index contributed by atoms with van der Waals surface area (Å²) in [6, 6.07) is 0.386. The van der Waals surface area contributed by atoms with Gasteiger partial charge in [-0.15, -0.1) is 0 Å². The molecule has 1 aliphatic rings. The van der Waals surface area contributed by atoms with Crippen LogP contribution in [-0.4, -0.2) is 35.8 Å². The van der Waals surface area contributed by atoms with E-state index in [0.717, 1.165) is 36.1 Å². The fraction of sp³-hybridized carbons (Fsp3) is 0.733. The average Bonchev–Trinajstić information content (AvgIpc) is 2.41. The zero-order valence-corrected chi connectivity index (χ0v) is 13.4. The molecule has 1 saturated carbocycles. The van der Waals surface area contributed by atoms with Crippen LogP contribution in [0.15, 0.2) is 0 Å². The van der Waals surface area contributed by atoms with Crippen LogP contribution in [0.5, 0.6) is 0 Å². The zero-order valence-electron chi connectivity index (χ0n) is 13.4. The number of nitrogens with zero attached hydrogens (tertiary/aromatic N) is 2. The fourth-order valence-electron chi connectivity index (χ4n) is 2.79. The third kappa shape index (κ3) is 2.59. The van der Waals surface area contributed by atoms with Crippen LogP contribution < -0.4 is 10.6 Å². The highest BCUT2D eigenvalue weighted by atomic mass is 16.5. The van der Waals surface area contributed by atoms with Gasteiger partial charge in [0.05, 0.1) is 6.10 Å². The SMILES string of the molecule is CCOC1CC(Nc2nc(C)nc(NC)c2C)C1(C)C. The van der Waals surface area contributed by atoms with Crippen LogP contribution in [0.1, 0.15) is 38.6 Å². The highest BCUT2D eigenvalue weighted by Crippen LogP contribution is 2.44. The molecule has 0 spiro atoms. The summed E-state index contributed by atoms with van der Waals surface area (Å²) >= 11 is 0. The van der Waals surface area contributed by atoms with Gasteiger partial charge in [-0.05, 0) is 27.2 Å². The normalized spacial score (nSPS) is 24.1. The summed E-state index contributed by atoms with van der Waals surface area (Å²) in [5, 5.41) is 6.69. The Kier molecular flexibility index (Phi) is 4.18. The number of hydrogen-bond donors (Lipinski definition) is 2. The lowest BCUT2D eigenvalue weighted by Gasteiger charge is -2.52. The summed E-state index contributed by atoms with van der Waals surface area (Å²) in [6.45, 7) is 11.3. The first kappa shape index (κ1) is 15.0. The minimum absolute atomic E-state index is 0.126. The van der Waals surface area contributed by atoms with Gasteiger partial charge >= 0.3 is 0 Å². The Morgan fingerprint density at radius 3 is 2.45 bits per heavy atom. The summed E-state index contributed by atoms with van der Waals surface area (Å²) in [4.78, 5) is 8.93. The third-order valence-electron chi connectivity index (χ3n) is 4.35. The van der Waals surface area contributed by atoms with Crippen LogP contribution in [-0.2, 0) is 4.74 Å². The lowest BCUT2D eigenvalue weighted by atomic mass is 9.64. The Labute approximate surface area is 121 Å². The van der Waals surface area contributed by atoms with Gasteiger partial charge in [0.25, 0.3) is 0 Å². The second-order valence-electron chi connectivity index (χ2n) is 6.04. The van der Waals surface area contributed by atoms with E-state index >= 15 is 0 Å². The van der Waals surface area contributed by atoms with E-state index in [4.69, 9.17) is 4.74 Å². The van der Waals surface area contributed by atoms with Crippen molar-refractivity contribution in [3.8, 4) is 0 Å². The van der Waals surface area contributed by atoms with E-state index in [1.165, 1.54) is 0 Å². The highest BCUT2D eigenvalue weighted by molar-refractivity contribution is 5.57. The molecule has 0 bridgehead atoms. The molecule has 2 unspecified atom stereocenters. The predicted molar refractivity (Wildman–Crippen MR) is 82.3 cm³/mol. The van der Waals surface area contributed by atoms with Crippen LogP contribution in [0.3, 0.4) is 0 Å². The van der Waals surface area contributed by atoms with Crippen molar-refractivity contribution in [3.05, 3.63) is 11.4 Å². The Balaban J connectivity index is 2.14. The summed E-state index contributed by atoms with van der Waals surface area (Å²) in [6.07, 6.45) is 1.36. The van der Waals surface area contributed by atoms with Gasteiger partial charge in [0.2, 0.25) is 0 Å². The number of anilines is 2. The molecule has 1 aliphatic carbocycles. The van der Waals surface area contributed by atoms with Crippen molar-refractivity contribution >= 4 is 11.6 Å². The maximum absolute atomic E-state index is 5.77. The monoisotopic (exact) mass is 278 g/mol. The quantitative estimate of drug-likeness (QED) is 0.867. The van der Waals surface area contributed by atoms with Crippen LogP contribution >= 0.6 is 0 Å². The molecule has 0 radical (unpaired) electrons. The van der Waals surface area contributed by atoms with E-state index in [9.17, 15) is 0 Å². The largest absolute Gasteiger partial charge is 0.378 e. The summed E-state index contributed by atoms with van der Waals surface area (Å²) in [5.41, 5.74) is 1.19. The van der Waals surface area contributed by atoms with Crippen molar-refractivity contribution in [1.29, 1.82) is 0 Å². The van der Waals surface area contributed by atoms with Gasteiger partial charge in [-0.25, -0.2) is 9.97 Å². The molecule has 2 rings (SSSR count). The van der Waals surface area contributed by atoms with E-state index < -0.39 is 0 Å². The predicted octanol–water partition coefficient (Wildman–Crippen LogP) is 2.75. The molecule has 1 heterocycles. The van der Waals surface area contributed by atoms with Crippen molar-refractivity contribution in [3.63, 3.8) is 0 Å². The molecule has 112 valence electrons. The molecule has 2 atom stereocenters. The Morgan fingerprint density at radius 2 is 1.90 bits per heavy atom. The summed E-state index contributed by atoms with van der Waals surface area (Å²) < 4.78 is 5.77. The van der Waals surface area contributed by atoms with E-state index in [2.05, 4.69) is 34.4 Å². The smallest absolute Gasteiger partial charge is 0.135 e. The minimum atomic E-state index is 0.126. The molecule has 1 fully saturated rings. The molecule has 0 aliphatic heterocycles. The number of rotatable bonds is 5. The number of hydrogen-bond acceptors (Lipinski definition) is 5. The number of aryl methyl sites for hydroxylation is 1. The van der Waals surface area contributed by atoms with Crippen LogP contribution in [0, 0.1) is 19.3 Å². The van der Waals surface area contributed by atoms with Gasteiger partial charge in [-0.3, -0.25) is 0 Å². The van der Waals surface area contributed by atoms with E-state index in [1.54, 1.807) is 0 Å². The van der Waals surface area contributed by atoms with E-state index in [0.29, 0.717) is 12.1 Å². The molecule has 1 aromatic heterocycles. The van der Waals surface area contributed by atoms with Gasteiger partial charge in [0.1, 0.15) is 17.5 Å². The Bertz CT molecular complexity index is 487. The Hall–Kier alpha value is -1.36. The van der Waals surface area contributed by atoms with Crippen molar-refractivity contribution in [2.75, 3.05) is 24.3 Å². The summed E-state index contributed by atoms with van der Waals surface area (Å²) in [5.74, 6) is 2.59. The standard InChI is InChI=1S/C15H26N4O/c1-7-20-12-8-11(15(12,4)5)19-14-9(2)13(16-6)17-10(3)18-14/h11-12H,7-8H2,1-6H3,(H2,16,17,18,19). The van der Waals surface area contributed by atoms with Gasteiger partial charge in [-0.2, -0.15) is 0 Å². The van der Waals surface area contributed by atoms with Crippen molar-refractivity contribution < 1.29 is 4.74 Å².